The van der Waals surface area contributed by atoms with Crippen molar-refractivity contribution in [3.05, 3.63) is 32.6 Å². The molecule has 0 aromatic carbocycles. The molecule has 0 bridgehead atoms. The van der Waals surface area contributed by atoms with Crippen LogP contribution in [-0.2, 0) is 18.3 Å². The number of aromatic nitrogens is 2. The van der Waals surface area contributed by atoms with E-state index in [4.69, 9.17) is 13.8 Å². The van der Waals surface area contributed by atoms with Crippen molar-refractivity contribution in [3.8, 4) is 0 Å². The van der Waals surface area contributed by atoms with Crippen LogP contribution < -0.4 is 11.2 Å². The molecule has 0 unspecified atom stereocenters. The molecule has 2 saturated heterocycles. The minimum atomic E-state index is -3.03. The van der Waals surface area contributed by atoms with Crippen molar-refractivity contribution in [2.45, 2.75) is 31.8 Å². The Morgan fingerprint density at radius 1 is 1.40 bits per heavy atom. The van der Waals surface area contributed by atoms with Crippen molar-refractivity contribution in [1.82, 2.24) is 9.55 Å². The summed E-state index contributed by atoms with van der Waals surface area (Å²) in [5.74, 6) is 0. The van der Waals surface area contributed by atoms with Crippen molar-refractivity contribution in [2.24, 2.45) is 0 Å². The van der Waals surface area contributed by atoms with E-state index in [0.717, 1.165) is 0 Å². The lowest BCUT2D eigenvalue weighted by atomic mass is 10.2. The van der Waals surface area contributed by atoms with Crippen molar-refractivity contribution in [3.63, 3.8) is 0 Å². The van der Waals surface area contributed by atoms with Crippen LogP contribution in [0, 0.1) is 6.92 Å². The number of aromatic amines is 1. The van der Waals surface area contributed by atoms with Gasteiger partial charge in [-0.2, -0.15) is 0 Å². The van der Waals surface area contributed by atoms with Gasteiger partial charge in [0.15, 0.2) is 0 Å². The number of ether oxygens (including phenoxy) is 1. The van der Waals surface area contributed by atoms with Gasteiger partial charge in [-0.25, -0.2) is 4.79 Å². The molecule has 0 spiro atoms. The van der Waals surface area contributed by atoms with Gasteiger partial charge in [-0.05, 0) is 6.92 Å². The molecule has 1 aromatic rings. The van der Waals surface area contributed by atoms with Gasteiger partial charge in [-0.15, -0.1) is 0 Å². The molecule has 3 rings (SSSR count). The number of nitrogens with zero attached hydrogens (tertiary/aromatic N) is 1. The van der Waals surface area contributed by atoms with Gasteiger partial charge in [-0.3, -0.25) is 18.9 Å². The van der Waals surface area contributed by atoms with E-state index in [2.05, 4.69) is 4.98 Å². The Kier molecular flexibility index (Phi) is 3.21. The Labute approximate surface area is 114 Å². The van der Waals surface area contributed by atoms with E-state index < -0.39 is 25.1 Å². The first kappa shape index (κ1) is 13.8. The highest BCUT2D eigenvalue weighted by Crippen LogP contribution is 2.52. The molecule has 2 aliphatic heterocycles. The van der Waals surface area contributed by atoms with E-state index in [1.165, 1.54) is 17.4 Å². The minimum Gasteiger partial charge on any atom is -0.349 e. The average Bonchev–Trinajstić information content (AvgIpc) is 2.74. The maximum absolute atomic E-state index is 11.8. The highest BCUT2D eigenvalue weighted by atomic mass is 31.2. The minimum absolute atomic E-state index is 0.173. The molecule has 3 heterocycles. The van der Waals surface area contributed by atoms with E-state index in [9.17, 15) is 14.2 Å². The van der Waals surface area contributed by atoms with E-state index in [-0.39, 0.29) is 18.8 Å². The van der Waals surface area contributed by atoms with Crippen LogP contribution in [0.1, 0.15) is 18.2 Å². The second-order valence-electron chi connectivity index (χ2n) is 5.05. The van der Waals surface area contributed by atoms with Crippen molar-refractivity contribution in [1.29, 1.82) is 0 Å². The number of nitrogens with one attached hydrogen (secondary N) is 1. The quantitative estimate of drug-likeness (QED) is 0.752. The van der Waals surface area contributed by atoms with Crippen LogP contribution in [0.2, 0.25) is 0 Å². The maximum atomic E-state index is 11.8. The van der Waals surface area contributed by atoms with Gasteiger partial charge < -0.3 is 13.8 Å². The number of rotatable bonds is 1. The zero-order valence-corrected chi connectivity index (χ0v) is 12.0. The predicted octanol–water partition coefficient (Wildman–Crippen LogP) is 0.371. The average molecular weight is 302 g/mol. The van der Waals surface area contributed by atoms with Crippen LogP contribution in [0.5, 0.6) is 0 Å². The molecule has 0 aliphatic carbocycles. The van der Waals surface area contributed by atoms with Crippen LogP contribution in [-0.4, -0.2) is 35.0 Å². The number of hydrogen-bond acceptors (Lipinski definition) is 6. The zero-order chi connectivity index (χ0) is 14.5. The molecule has 1 N–H and O–H groups in total. The van der Waals surface area contributed by atoms with Gasteiger partial charge in [-0.1, -0.05) is 0 Å². The van der Waals surface area contributed by atoms with Crippen LogP contribution >= 0.6 is 7.60 Å². The van der Waals surface area contributed by atoms with Gasteiger partial charge in [0, 0.05) is 24.8 Å². The van der Waals surface area contributed by atoms with Gasteiger partial charge in [0.1, 0.15) is 12.3 Å². The Morgan fingerprint density at radius 2 is 2.15 bits per heavy atom. The fourth-order valence-electron chi connectivity index (χ4n) is 2.42. The molecule has 0 saturated carbocycles. The molecule has 110 valence electrons. The normalized spacial score (nSPS) is 36.8. The van der Waals surface area contributed by atoms with E-state index in [1.54, 1.807) is 6.92 Å². The number of aryl methyl sites for hydroxylation is 1. The monoisotopic (exact) mass is 302 g/mol. The van der Waals surface area contributed by atoms with Gasteiger partial charge in [0.05, 0.1) is 12.7 Å². The summed E-state index contributed by atoms with van der Waals surface area (Å²) in [4.78, 5) is 25.4. The predicted molar refractivity (Wildman–Crippen MR) is 68.9 cm³/mol. The third-order valence-corrected chi connectivity index (χ3v) is 4.71. The Hall–Kier alpha value is -1.21. The molecule has 2 aliphatic rings. The van der Waals surface area contributed by atoms with Gasteiger partial charge in [0.25, 0.3) is 5.56 Å². The lowest BCUT2D eigenvalue weighted by molar-refractivity contribution is -0.0580. The highest BCUT2D eigenvalue weighted by molar-refractivity contribution is 7.53. The third kappa shape index (κ3) is 2.40. The first-order valence-corrected chi connectivity index (χ1v) is 8.23. The summed E-state index contributed by atoms with van der Waals surface area (Å²) in [6, 6.07) is 0. The summed E-state index contributed by atoms with van der Waals surface area (Å²) < 4.78 is 29.2. The largest absolute Gasteiger partial charge is 0.349 e. The molecule has 2 fully saturated rings. The Morgan fingerprint density at radius 3 is 2.90 bits per heavy atom. The maximum Gasteiger partial charge on any atom is 0.330 e. The molecule has 8 nitrogen and oxygen atoms in total. The first-order valence-electron chi connectivity index (χ1n) is 6.24. The molecule has 0 amide bonds. The van der Waals surface area contributed by atoms with E-state index in [0.29, 0.717) is 12.0 Å². The topological polar surface area (TPSA) is 99.6 Å². The van der Waals surface area contributed by atoms with Crippen molar-refractivity contribution < 1.29 is 18.3 Å². The lowest BCUT2D eigenvalue weighted by Gasteiger charge is -2.28. The lowest BCUT2D eigenvalue weighted by Crippen LogP contribution is -2.33. The molecule has 20 heavy (non-hydrogen) atoms. The van der Waals surface area contributed by atoms with Crippen molar-refractivity contribution in [2.75, 3.05) is 13.3 Å². The Bertz CT molecular complexity index is 695. The third-order valence-electron chi connectivity index (χ3n) is 3.44. The van der Waals surface area contributed by atoms with E-state index in [1.807, 2.05) is 0 Å². The van der Waals surface area contributed by atoms with E-state index >= 15 is 0 Å². The van der Waals surface area contributed by atoms with Crippen LogP contribution in [0.4, 0.5) is 0 Å². The van der Waals surface area contributed by atoms with Crippen LogP contribution in [0.25, 0.3) is 0 Å². The second kappa shape index (κ2) is 4.66. The number of fused-ring (bicyclic) bond motifs is 1. The zero-order valence-electron chi connectivity index (χ0n) is 11.1. The summed E-state index contributed by atoms with van der Waals surface area (Å²) >= 11 is 0. The second-order valence-corrected chi connectivity index (χ2v) is 7.07. The smallest absolute Gasteiger partial charge is 0.330 e. The fourth-order valence-corrected chi connectivity index (χ4v) is 3.61. The summed E-state index contributed by atoms with van der Waals surface area (Å²) in [7, 11) is -3.03. The molecule has 0 radical (unpaired) electrons. The standard InChI is InChI=1S/C11H15N2O6P/c1-6-4-13(11(15)12-10(6)14)9-3-7-8(18-9)5-17-20(2,16)19-7/h4,7-9H,3,5H2,1-2H3,(H,12,14,15)/t7-,8+,9-,20-/m1/s1. The fraction of sp³-hybridized carbons (Fsp3) is 0.636. The summed E-state index contributed by atoms with van der Waals surface area (Å²) in [6.07, 6.45) is 0.548. The molecule has 4 atom stereocenters. The van der Waals surface area contributed by atoms with Gasteiger partial charge in [0.2, 0.25) is 0 Å². The van der Waals surface area contributed by atoms with Crippen LogP contribution in [0.15, 0.2) is 15.8 Å². The SMILES string of the molecule is Cc1cn([C@H]2C[C@H]3O[P@](C)(=O)OC[C@@H]3O2)c(=O)[nH]c1=O. The molecule has 1 aromatic heterocycles. The summed E-state index contributed by atoms with van der Waals surface area (Å²) in [5.41, 5.74) is -0.537. The Balaban J connectivity index is 1.88. The molecule has 9 heteroatoms. The van der Waals surface area contributed by atoms with Crippen molar-refractivity contribution >= 4 is 7.60 Å². The molecular weight excluding hydrogens is 287 g/mol. The summed E-state index contributed by atoms with van der Waals surface area (Å²) in [5, 5.41) is 0. The highest BCUT2D eigenvalue weighted by Gasteiger charge is 2.45. The molecular formula is C11H15N2O6P. The summed E-state index contributed by atoms with van der Waals surface area (Å²) in [6.45, 7) is 3.19. The number of hydrogen-bond donors (Lipinski definition) is 1. The van der Waals surface area contributed by atoms with Crippen LogP contribution in [0.3, 0.4) is 0 Å². The van der Waals surface area contributed by atoms with Gasteiger partial charge >= 0.3 is 13.3 Å². The number of H-pyrrole nitrogens is 1. The first-order chi connectivity index (χ1) is 9.35.